The average molecular weight is 326 g/mol. The molecule has 1 aliphatic rings. The van der Waals surface area contributed by atoms with Crippen LogP contribution in [0.4, 0.5) is 4.79 Å². The molecule has 126 valence electrons. The van der Waals surface area contributed by atoms with Crippen LogP contribution in [0, 0.1) is 0 Å². The third-order valence-electron chi connectivity index (χ3n) is 4.15. The first kappa shape index (κ1) is 16.3. The largest absolute Gasteiger partial charge is 0.494 e. The SMILES string of the molecule is CCOc1cccc(CNC(=O)N[C@@H]2c3ccccc3C[C@@H]2O)c1. The summed E-state index contributed by atoms with van der Waals surface area (Å²) >= 11 is 0. The zero-order valence-electron chi connectivity index (χ0n) is 13.7. The Morgan fingerprint density at radius 3 is 2.92 bits per heavy atom. The van der Waals surface area contributed by atoms with Gasteiger partial charge in [0.05, 0.1) is 18.8 Å². The van der Waals surface area contributed by atoms with Gasteiger partial charge in [0.15, 0.2) is 0 Å². The summed E-state index contributed by atoms with van der Waals surface area (Å²) in [5.41, 5.74) is 3.03. The number of carbonyl (C=O) groups is 1. The summed E-state index contributed by atoms with van der Waals surface area (Å²) in [6.45, 7) is 2.94. The average Bonchev–Trinajstić information content (AvgIpc) is 2.89. The van der Waals surface area contributed by atoms with E-state index in [1.54, 1.807) is 0 Å². The molecule has 0 saturated heterocycles. The van der Waals surface area contributed by atoms with Gasteiger partial charge >= 0.3 is 6.03 Å². The van der Waals surface area contributed by atoms with Crippen LogP contribution >= 0.6 is 0 Å². The Morgan fingerprint density at radius 1 is 1.25 bits per heavy atom. The van der Waals surface area contributed by atoms with E-state index in [0.717, 1.165) is 22.4 Å². The molecule has 3 rings (SSSR count). The van der Waals surface area contributed by atoms with E-state index in [0.29, 0.717) is 19.6 Å². The van der Waals surface area contributed by atoms with Gasteiger partial charge in [-0.3, -0.25) is 0 Å². The second kappa shape index (κ2) is 7.36. The van der Waals surface area contributed by atoms with Crippen LogP contribution in [0.3, 0.4) is 0 Å². The van der Waals surface area contributed by atoms with Gasteiger partial charge in [0, 0.05) is 13.0 Å². The predicted molar refractivity (Wildman–Crippen MR) is 91.9 cm³/mol. The Balaban J connectivity index is 1.57. The smallest absolute Gasteiger partial charge is 0.315 e. The molecule has 5 heteroatoms. The van der Waals surface area contributed by atoms with Gasteiger partial charge < -0.3 is 20.5 Å². The van der Waals surface area contributed by atoms with E-state index in [2.05, 4.69) is 10.6 Å². The maximum Gasteiger partial charge on any atom is 0.315 e. The van der Waals surface area contributed by atoms with Gasteiger partial charge in [-0.1, -0.05) is 36.4 Å². The van der Waals surface area contributed by atoms with Crippen LogP contribution in [0.5, 0.6) is 5.75 Å². The minimum Gasteiger partial charge on any atom is -0.494 e. The monoisotopic (exact) mass is 326 g/mol. The van der Waals surface area contributed by atoms with Gasteiger partial charge in [-0.25, -0.2) is 4.79 Å². The van der Waals surface area contributed by atoms with Crippen LogP contribution in [0.2, 0.25) is 0 Å². The van der Waals surface area contributed by atoms with Gasteiger partial charge in [0.1, 0.15) is 5.75 Å². The van der Waals surface area contributed by atoms with Gasteiger partial charge in [-0.2, -0.15) is 0 Å². The molecule has 0 radical (unpaired) electrons. The molecule has 2 aromatic carbocycles. The molecule has 0 aliphatic heterocycles. The summed E-state index contributed by atoms with van der Waals surface area (Å²) in [6, 6.07) is 14.8. The molecule has 2 aromatic rings. The highest BCUT2D eigenvalue weighted by atomic mass is 16.5. The Morgan fingerprint density at radius 2 is 2.08 bits per heavy atom. The minimum atomic E-state index is -0.588. The summed E-state index contributed by atoms with van der Waals surface area (Å²) in [4.78, 5) is 12.2. The lowest BCUT2D eigenvalue weighted by Gasteiger charge is -2.18. The number of fused-ring (bicyclic) bond motifs is 1. The molecule has 0 aromatic heterocycles. The lowest BCUT2D eigenvalue weighted by atomic mass is 10.1. The number of amides is 2. The quantitative estimate of drug-likeness (QED) is 0.791. The van der Waals surface area contributed by atoms with E-state index in [4.69, 9.17) is 4.74 Å². The van der Waals surface area contributed by atoms with E-state index in [-0.39, 0.29) is 12.1 Å². The van der Waals surface area contributed by atoms with Crippen LogP contribution in [0.1, 0.15) is 29.7 Å². The van der Waals surface area contributed by atoms with Crippen LogP contribution in [-0.4, -0.2) is 23.8 Å². The first-order valence-corrected chi connectivity index (χ1v) is 8.19. The number of nitrogens with one attached hydrogen (secondary N) is 2. The van der Waals surface area contributed by atoms with Crippen molar-refractivity contribution in [2.45, 2.75) is 32.0 Å². The molecule has 2 amide bonds. The number of hydrogen-bond donors (Lipinski definition) is 3. The molecule has 0 bridgehead atoms. The van der Waals surface area contributed by atoms with E-state index < -0.39 is 6.10 Å². The minimum absolute atomic E-state index is 0.294. The topological polar surface area (TPSA) is 70.6 Å². The molecule has 2 atom stereocenters. The van der Waals surface area contributed by atoms with Crippen molar-refractivity contribution >= 4 is 6.03 Å². The lowest BCUT2D eigenvalue weighted by Crippen LogP contribution is -2.40. The van der Waals surface area contributed by atoms with Crippen LogP contribution in [-0.2, 0) is 13.0 Å². The number of hydrogen-bond acceptors (Lipinski definition) is 3. The molecule has 0 spiro atoms. The fourth-order valence-electron chi connectivity index (χ4n) is 3.03. The third-order valence-corrected chi connectivity index (χ3v) is 4.15. The molecule has 0 unspecified atom stereocenters. The van der Waals surface area contributed by atoms with Crippen molar-refractivity contribution in [3.63, 3.8) is 0 Å². The van der Waals surface area contributed by atoms with Crippen LogP contribution < -0.4 is 15.4 Å². The van der Waals surface area contributed by atoms with Crippen molar-refractivity contribution in [3.8, 4) is 5.75 Å². The molecular weight excluding hydrogens is 304 g/mol. The number of aliphatic hydroxyl groups is 1. The standard InChI is InChI=1S/C19H22N2O3/c1-2-24-15-8-5-6-13(10-15)12-20-19(23)21-18-16-9-4-3-7-14(16)11-17(18)22/h3-10,17-18,22H,2,11-12H2,1H3,(H2,20,21,23)/t17-,18+/m0/s1. The van der Waals surface area contributed by atoms with E-state index in [1.807, 2.05) is 55.5 Å². The number of ether oxygens (including phenoxy) is 1. The van der Waals surface area contributed by atoms with Crippen molar-refractivity contribution in [3.05, 3.63) is 65.2 Å². The van der Waals surface area contributed by atoms with Gasteiger partial charge in [0.2, 0.25) is 0 Å². The Kier molecular flexibility index (Phi) is 5.01. The maximum absolute atomic E-state index is 12.2. The van der Waals surface area contributed by atoms with E-state index in [9.17, 15) is 9.90 Å². The zero-order valence-corrected chi connectivity index (χ0v) is 13.7. The Hall–Kier alpha value is -2.53. The maximum atomic E-state index is 12.2. The molecule has 0 fully saturated rings. The number of rotatable bonds is 5. The molecule has 0 saturated carbocycles. The number of aliphatic hydroxyl groups excluding tert-OH is 1. The number of benzene rings is 2. The molecule has 3 N–H and O–H groups in total. The Labute approximate surface area is 141 Å². The molecule has 5 nitrogen and oxygen atoms in total. The van der Waals surface area contributed by atoms with Gasteiger partial charge in [-0.05, 0) is 35.7 Å². The highest BCUT2D eigenvalue weighted by Gasteiger charge is 2.31. The Bertz CT molecular complexity index is 717. The fraction of sp³-hybridized carbons (Fsp3) is 0.316. The summed E-state index contributed by atoms with van der Waals surface area (Å²) in [7, 11) is 0. The van der Waals surface area contributed by atoms with Crippen molar-refractivity contribution in [1.29, 1.82) is 0 Å². The molecule has 24 heavy (non-hydrogen) atoms. The number of carbonyl (C=O) groups excluding carboxylic acids is 1. The zero-order chi connectivity index (χ0) is 16.9. The van der Waals surface area contributed by atoms with Crippen molar-refractivity contribution in [2.24, 2.45) is 0 Å². The van der Waals surface area contributed by atoms with Crippen LogP contribution in [0.15, 0.2) is 48.5 Å². The molecular formula is C19H22N2O3. The summed E-state index contributed by atoms with van der Waals surface area (Å²) in [5.74, 6) is 0.789. The highest BCUT2D eigenvalue weighted by molar-refractivity contribution is 5.74. The second-order valence-corrected chi connectivity index (χ2v) is 5.86. The van der Waals surface area contributed by atoms with Crippen molar-refractivity contribution < 1.29 is 14.6 Å². The third kappa shape index (κ3) is 3.68. The molecule has 0 heterocycles. The first-order valence-electron chi connectivity index (χ1n) is 8.19. The normalized spacial score (nSPS) is 18.8. The van der Waals surface area contributed by atoms with Crippen LogP contribution in [0.25, 0.3) is 0 Å². The highest BCUT2D eigenvalue weighted by Crippen LogP contribution is 2.31. The fourth-order valence-corrected chi connectivity index (χ4v) is 3.03. The van der Waals surface area contributed by atoms with Gasteiger partial charge in [0.25, 0.3) is 0 Å². The van der Waals surface area contributed by atoms with Crippen molar-refractivity contribution in [2.75, 3.05) is 6.61 Å². The van der Waals surface area contributed by atoms with E-state index >= 15 is 0 Å². The summed E-state index contributed by atoms with van der Waals surface area (Å²) < 4.78 is 5.45. The van der Waals surface area contributed by atoms with E-state index in [1.165, 1.54) is 0 Å². The number of urea groups is 1. The summed E-state index contributed by atoms with van der Waals surface area (Å²) in [5, 5.41) is 15.9. The summed E-state index contributed by atoms with van der Waals surface area (Å²) in [6.07, 6.45) is -0.0215. The van der Waals surface area contributed by atoms with Crippen molar-refractivity contribution in [1.82, 2.24) is 10.6 Å². The molecule has 1 aliphatic carbocycles. The lowest BCUT2D eigenvalue weighted by molar-refractivity contribution is 0.142. The second-order valence-electron chi connectivity index (χ2n) is 5.86. The van der Waals surface area contributed by atoms with Gasteiger partial charge in [-0.15, -0.1) is 0 Å². The predicted octanol–water partition coefficient (Wildman–Crippen LogP) is 2.54. The first-order chi connectivity index (χ1) is 11.7.